The summed E-state index contributed by atoms with van der Waals surface area (Å²) in [5.74, 6) is -0.0354. The summed E-state index contributed by atoms with van der Waals surface area (Å²) in [4.78, 5) is 14.2. The number of carbonyl (C=O) groups is 1. The van der Waals surface area contributed by atoms with Gasteiger partial charge in [0, 0.05) is 13.1 Å². The number of para-hydroxylation sites is 2. The van der Waals surface area contributed by atoms with Gasteiger partial charge >= 0.3 is 6.18 Å². The number of nitrogens with one attached hydrogen (secondary N) is 1. The summed E-state index contributed by atoms with van der Waals surface area (Å²) >= 11 is 0. The van der Waals surface area contributed by atoms with Gasteiger partial charge in [0.1, 0.15) is 5.75 Å². The molecule has 7 heteroatoms. The normalized spacial score (nSPS) is 13.9. The van der Waals surface area contributed by atoms with E-state index in [4.69, 9.17) is 4.74 Å². The van der Waals surface area contributed by atoms with Crippen LogP contribution in [0, 0.1) is 0 Å². The van der Waals surface area contributed by atoms with Crippen LogP contribution in [0.5, 0.6) is 5.75 Å². The average molecular weight is 364 g/mol. The third-order valence-electron chi connectivity index (χ3n) is 4.19. The number of halogens is 3. The Morgan fingerprint density at radius 3 is 2.54 bits per heavy atom. The summed E-state index contributed by atoms with van der Waals surface area (Å²) in [6, 6.07) is 14.3. The number of rotatable bonds is 5. The van der Waals surface area contributed by atoms with Crippen LogP contribution in [0.15, 0.2) is 48.5 Å². The van der Waals surface area contributed by atoms with Crippen molar-refractivity contribution in [1.29, 1.82) is 0 Å². The zero-order chi connectivity index (χ0) is 18.6. The molecule has 0 unspecified atom stereocenters. The minimum atomic E-state index is -4.41. The molecule has 2 aromatic rings. The molecule has 3 rings (SSSR count). The Kier molecular flexibility index (Phi) is 5.35. The van der Waals surface area contributed by atoms with E-state index in [-0.39, 0.29) is 18.2 Å². The second-order valence-electron chi connectivity index (χ2n) is 6.09. The Morgan fingerprint density at radius 1 is 1.08 bits per heavy atom. The monoisotopic (exact) mass is 364 g/mol. The summed E-state index contributed by atoms with van der Waals surface area (Å²) < 4.78 is 41.8. The molecule has 1 heterocycles. The van der Waals surface area contributed by atoms with Gasteiger partial charge in [-0.05, 0) is 29.7 Å². The highest BCUT2D eigenvalue weighted by Crippen LogP contribution is 2.26. The number of hydrogen-bond donors (Lipinski definition) is 1. The summed E-state index contributed by atoms with van der Waals surface area (Å²) in [5, 5.41) is 2.89. The van der Waals surface area contributed by atoms with E-state index in [1.54, 1.807) is 23.1 Å². The van der Waals surface area contributed by atoms with Crippen molar-refractivity contribution in [1.82, 2.24) is 4.90 Å². The number of carbonyl (C=O) groups excluding carboxylic acids is 1. The predicted molar refractivity (Wildman–Crippen MR) is 92.0 cm³/mol. The molecule has 0 saturated heterocycles. The van der Waals surface area contributed by atoms with Gasteiger partial charge in [-0.2, -0.15) is 13.2 Å². The third-order valence-corrected chi connectivity index (χ3v) is 4.19. The number of amides is 1. The fraction of sp³-hybridized carbons (Fsp3) is 0.316. The Bertz CT molecular complexity index is 777. The molecule has 0 atom stereocenters. The van der Waals surface area contributed by atoms with Crippen molar-refractivity contribution < 1.29 is 22.7 Å². The highest BCUT2D eigenvalue weighted by Gasteiger charge is 2.29. The topological polar surface area (TPSA) is 41.6 Å². The van der Waals surface area contributed by atoms with Crippen LogP contribution in [0.2, 0.25) is 0 Å². The number of nitrogens with zero attached hydrogens (tertiary/aromatic N) is 1. The number of ether oxygens (including phenoxy) is 1. The largest absolute Gasteiger partial charge is 0.482 e. The second kappa shape index (κ2) is 7.68. The van der Waals surface area contributed by atoms with Crippen molar-refractivity contribution >= 4 is 11.6 Å². The Morgan fingerprint density at radius 2 is 1.77 bits per heavy atom. The van der Waals surface area contributed by atoms with Crippen molar-refractivity contribution in [3.8, 4) is 5.75 Å². The zero-order valence-electron chi connectivity index (χ0n) is 14.1. The minimum Gasteiger partial charge on any atom is -0.482 e. The maximum absolute atomic E-state index is 12.5. The fourth-order valence-corrected chi connectivity index (χ4v) is 2.89. The van der Waals surface area contributed by atoms with Crippen LogP contribution < -0.4 is 10.1 Å². The molecular formula is C19H19F3N2O2. The highest BCUT2D eigenvalue weighted by atomic mass is 19.4. The molecule has 138 valence electrons. The van der Waals surface area contributed by atoms with Crippen molar-refractivity contribution in [2.75, 3.05) is 25.0 Å². The van der Waals surface area contributed by atoms with Gasteiger partial charge in [-0.15, -0.1) is 0 Å². The van der Waals surface area contributed by atoms with Crippen LogP contribution in [0.3, 0.4) is 0 Å². The van der Waals surface area contributed by atoms with Gasteiger partial charge in [-0.3, -0.25) is 4.79 Å². The summed E-state index contributed by atoms with van der Waals surface area (Å²) in [6.45, 7) is -0.205. The van der Waals surface area contributed by atoms with Gasteiger partial charge in [0.15, 0.2) is 6.61 Å². The van der Waals surface area contributed by atoms with Gasteiger partial charge < -0.3 is 15.0 Å². The van der Waals surface area contributed by atoms with E-state index >= 15 is 0 Å². The lowest BCUT2D eigenvalue weighted by Crippen LogP contribution is -2.39. The fourth-order valence-electron chi connectivity index (χ4n) is 2.89. The van der Waals surface area contributed by atoms with Gasteiger partial charge in [-0.1, -0.05) is 36.4 Å². The van der Waals surface area contributed by atoms with Crippen LogP contribution >= 0.6 is 0 Å². The van der Waals surface area contributed by atoms with Crippen LogP contribution in [0.25, 0.3) is 0 Å². The molecule has 0 fully saturated rings. The van der Waals surface area contributed by atoms with Gasteiger partial charge in [0.25, 0.3) is 0 Å². The predicted octanol–water partition coefficient (Wildman–Crippen LogP) is 3.62. The van der Waals surface area contributed by atoms with Gasteiger partial charge in [0.05, 0.1) is 12.2 Å². The quantitative estimate of drug-likeness (QED) is 0.881. The molecule has 0 saturated carbocycles. The first-order valence-electron chi connectivity index (χ1n) is 8.29. The van der Waals surface area contributed by atoms with Crippen LogP contribution in [0.1, 0.15) is 11.1 Å². The molecule has 0 aromatic heterocycles. The second-order valence-corrected chi connectivity index (χ2v) is 6.09. The van der Waals surface area contributed by atoms with E-state index in [1.807, 2.05) is 18.2 Å². The van der Waals surface area contributed by atoms with Crippen molar-refractivity contribution in [3.63, 3.8) is 0 Å². The number of hydrogen-bond acceptors (Lipinski definition) is 3. The van der Waals surface area contributed by atoms with Crippen LogP contribution in [0.4, 0.5) is 18.9 Å². The molecule has 1 aliphatic rings. The third kappa shape index (κ3) is 4.68. The first-order chi connectivity index (χ1) is 12.4. The molecule has 0 aliphatic carbocycles. The van der Waals surface area contributed by atoms with Gasteiger partial charge in [0.2, 0.25) is 5.91 Å². The maximum Gasteiger partial charge on any atom is 0.422 e. The Labute approximate surface area is 149 Å². The highest BCUT2D eigenvalue weighted by molar-refractivity contribution is 5.81. The Balaban J connectivity index is 1.58. The molecule has 26 heavy (non-hydrogen) atoms. The van der Waals surface area contributed by atoms with Crippen LogP contribution in [-0.2, 0) is 17.8 Å². The molecule has 1 N–H and O–H groups in total. The summed E-state index contributed by atoms with van der Waals surface area (Å²) in [7, 11) is 0. The first kappa shape index (κ1) is 18.1. The van der Waals surface area contributed by atoms with E-state index < -0.39 is 12.8 Å². The van der Waals surface area contributed by atoms with Crippen LogP contribution in [-0.4, -0.2) is 36.7 Å². The standard InChI is InChI=1S/C19H19F3N2O2/c20-19(21,22)13-26-17-8-4-3-7-16(17)23-11-18(25)24-10-9-14-5-1-2-6-15(14)12-24/h1-8,23H,9-13H2. The average Bonchev–Trinajstić information content (AvgIpc) is 2.64. The van der Waals surface area contributed by atoms with E-state index in [1.165, 1.54) is 11.6 Å². The summed E-state index contributed by atoms with van der Waals surface area (Å²) in [5.41, 5.74) is 2.74. The SMILES string of the molecule is O=C(CNc1ccccc1OCC(F)(F)F)N1CCc2ccccc2C1. The van der Waals surface area contributed by atoms with Gasteiger partial charge in [-0.25, -0.2) is 0 Å². The molecule has 0 spiro atoms. The molecule has 1 aliphatic heterocycles. The zero-order valence-corrected chi connectivity index (χ0v) is 14.1. The Hall–Kier alpha value is -2.70. The van der Waals surface area contributed by atoms with E-state index in [0.717, 1.165) is 12.0 Å². The molecule has 0 bridgehead atoms. The molecule has 2 aromatic carbocycles. The summed E-state index contributed by atoms with van der Waals surface area (Å²) in [6.07, 6.45) is -3.61. The van der Waals surface area contributed by atoms with E-state index in [2.05, 4.69) is 11.4 Å². The van der Waals surface area contributed by atoms with Crippen molar-refractivity contribution in [2.45, 2.75) is 19.1 Å². The molecule has 4 nitrogen and oxygen atoms in total. The molecule has 0 radical (unpaired) electrons. The lowest BCUT2D eigenvalue weighted by Gasteiger charge is -2.29. The lowest BCUT2D eigenvalue weighted by molar-refractivity contribution is -0.153. The molecule has 1 amide bonds. The number of alkyl halides is 3. The van der Waals surface area contributed by atoms with Crippen molar-refractivity contribution in [3.05, 3.63) is 59.7 Å². The van der Waals surface area contributed by atoms with E-state index in [0.29, 0.717) is 18.8 Å². The van der Waals surface area contributed by atoms with Crippen molar-refractivity contribution in [2.24, 2.45) is 0 Å². The molecular weight excluding hydrogens is 345 g/mol. The number of fused-ring (bicyclic) bond motifs is 1. The first-order valence-corrected chi connectivity index (χ1v) is 8.29. The number of benzene rings is 2. The minimum absolute atomic E-state index is 0.00540. The van der Waals surface area contributed by atoms with E-state index in [9.17, 15) is 18.0 Å². The maximum atomic E-state index is 12.5. The number of anilines is 1. The lowest BCUT2D eigenvalue weighted by atomic mass is 10.00. The smallest absolute Gasteiger partial charge is 0.422 e.